The number of esters is 2. The molecule has 0 spiro atoms. The van der Waals surface area contributed by atoms with E-state index in [0.717, 1.165) is 0 Å². The molecule has 0 aromatic rings. The van der Waals surface area contributed by atoms with Crippen molar-refractivity contribution in [2.24, 2.45) is 22.7 Å². The molecule has 0 aliphatic rings. The maximum Gasteiger partial charge on any atom is 0.306 e. The average molecular weight is 343 g/mol. The molecule has 2 unspecified atom stereocenters. The van der Waals surface area contributed by atoms with Crippen LogP contribution in [-0.4, -0.2) is 24.1 Å². The van der Waals surface area contributed by atoms with Gasteiger partial charge in [0.05, 0.1) is 12.8 Å². The smallest absolute Gasteiger partial charge is 0.306 e. The molecule has 0 saturated carbocycles. The Labute approximate surface area is 148 Å². The molecule has 0 rings (SSSR count). The van der Waals surface area contributed by atoms with Crippen LogP contribution in [0.2, 0.25) is 0 Å². The fourth-order valence-electron chi connectivity index (χ4n) is 3.23. The molecule has 0 aliphatic heterocycles. The molecule has 4 nitrogen and oxygen atoms in total. The topological polar surface area (TPSA) is 52.6 Å². The van der Waals surface area contributed by atoms with Gasteiger partial charge in [0.25, 0.3) is 0 Å². The van der Waals surface area contributed by atoms with E-state index in [1.807, 2.05) is 27.7 Å². The van der Waals surface area contributed by atoms with Crippen molar-refractivity contribution in [3.8, 4) is 0 Å². The van der Waals surface area contributed by atoms with Crippen LogP contribution in [0.1, 0.15) is 82.1 Å². The summed E-state index contributed by atoms with van der Waals surface area (Å²) in [4.78, 5) is 24.2. The van der Waals surface area contributed by atoms with E-state index in [0.29, 0.717) is 0 Å². The van der Waals surface area contributed by atoms with Gasteiger partial charge in [0.1, 0.15) is 12.2 Å². The Kier molecular flexibility index (Phi) is 8.47. The Bertz CT molecular complexity index is 370. The van der Waals surface area contributed by atoms with Crippen LogP contribution in [-0.2, 0) is 19.1 Å². The predicted octanol–water partition coefficient (Wildman–Crippen LogP) is 4.99. The Hall–Kier alpha value is -1.06. The minimum absolute atomic E-state index is 0.0626. The van der Waals surface area contributed by atoms with Crippen molar-refractivity contribution in [2.45, 2.75) is 94.3 Å². The number of rotatable bonds is 7. The van der Waals surface area contributed by atoms with Crippen LogP contribution >= 0.6 is 0 Å². The molecule has 0 aromatic heterocycles. The zero-order valence-electron chi connectivity index (χ0n) is 17.4. The van der Waals surface area contributed by atoms with E-state index >= 15 is 0 Å². The first-order chi connectivity index (χ1) is 10.7. The molecule has 0 aliphatic carbocycles. The van der Waals surface area contributed by atoms with Crippen LogP contribution in [0.4, 0.5) is 0 Å². The van der Waals surface area contributed by atoms with E-state index in [2.05, 4.69) is 41.5 Å². The minimum Gasteiger partial charge on any atom is -0.462 e. The molecule has 0 N–H and O–H groups in total. The molecule has 0 saturated heterocycles. The normalized spacial score (nSPS) is 15.3. The van der Waals surface area contributed by atoms with Gasteiger partial charge in [-0.3, -0.25) is 9.59 Å². The van der Waals surface area contributed by atoms with Crippen molar-refractivity contribution in [3.05, 3.63) is 0 Å². The zero-order valence-corrected chi connectivity index (χ0v) is 17.4. The van der Waals surface area contributed by atoms with E-state index in [9.17, 15) is 9.59 Å². The summed E-state index contributed by atoms with van der Waals surface area (Å²) in [7, 11) is 0. The van der Waals surface area contributed by atoms with E-state index in [-0.39, 0.29) is 59.7 Å². The number of carbonyl (C=O) groups is 2. The van der Waals surface area contributed by atoms with Crippen LogP contribution < -0.4 is 0 Å². The summed E-state index contributed by atoms with van der Waals surface area (Å²) >= 11 is 0. The van der Waals surface area contributed by atoms with Crippen LogP contribution in [0.5, 0.6) is 0 Å². The first kappa shape index (κ1) is 22.9. The predicted molar refractivity (Wildman–Crippen MR) is 97.6 cm³/mol. The van der Waals surface area contributed by atoms with Crippen molar-refractivity contribution in [1.82, 2.24) is 0 Å². The second kappa shape index (κ2) is 8.87. The quantitative estimate of drug-likeness (QED) is 0.611. The van der Waals surface area contributed by atoms with Gasteiger partial charge in [-0.25, -0.2) is 0 Å². The van der Waals surface area contributed by atoms with Gasteiger partial charge in [0.15, 0.2) is 0 Å². The molecule has 24 heavy (non-hydrogen) atoms. The van der Waals surface area contributed by atoms with Gasteiger partial charge in [-0.1, -0.05) is 69.2 Å². The van der Waals surface area contributed by atoms with Crippen LogP contribution in [0.25, 0.3) is 0 Å². The van der Waals surface area contributed by atoms with Crippen molar-refractivity contribution in [1.29, 1.82) is 0 Å². The summed E-state index contributed by atoms with van der Waals surface area (Å²) in [6.07, 6.45) is -0.210. The maximum atomic E-state index is 12.1. The molecule has 0 radical (unpaired) electrons. The fourth-order valence-corrected chi connectivity index (χ4v) is 3.23. The summed E-state index contributed by atoms with van der Waals surface area (Å²) in [5.41, 5.74) is -0.251. The standard InChI is InChI=1S/C20H38O4/c1-13(2)17(19(5,6)7)23-15(21)11-12-16(22)24-18(14(3)4)20(8,9)10/h13-14,17-18H,11-12H2,1-10H3. The Balaban J connectivity index is 4.58. The molecule has 4 heteroatoms. The molecule has 0 heterocycles. The highest BCUT2D eigenvalue weighted by Gasteiger charge is 2.33. The van der Waals surface area contributed by atoms with E-state index in [1.165, 1.54) is 0 Å². The lowest BCUT2D eigenvalue weighted by Crippen LogP contribution is -2.37. The lowest BCUT2D eigenvalue weighted by molar-refractivity contribution is -0.165. The van der Waals surface area contributed by atoms with E-state index < -0.39 is 0 Å². The molecule has 142 valence electrons. The lowest BCUT2D eigenvalue weighted by atomic mass is 9.82. The second-order valence-electron chi connectivity index (χ2n) is 9.54. The van der Waals surface area contributed by atoms with E-state index in [1.54, 1.807) is 0 Å². The third kappa shape index (κ3) is 8.16. The fraction of sp³-hybridized carbons (Fsp3) is 0.900. The summed E-state index contributed by atoms with van der Waals surface area (Å²) in [6, 6.07) is 0. The molecule has 0 fully saturated rings. The lowest BCUT2D eigenvalue weighted by Gasteiger charge is -2.34. The maximum absolute atomic E-state index is 12.1. The number of hydrogen-bond donors (Lipinski definition) is 0. The monoisotopic (exact) mass is 342 g/mol. The van der Waals surface area contributed by atoms with E-state index in [4.69, 9.17) is 9.47 Å². The third-order valence-corrected chi connectivity index (χ3v) is 3.97. The first-order valence-corrected chi connectivity index (χ1v) is 9.05. The molecular weight excluding hydrogens is 304 g/mol. The van der Waals surface area contributed by atoms with Gasteiger partial charge in [0, 0.05) is 0 Å². The molecule has 0 amide bonds. The zero-order chi connectivity index (χ0) is 19.3. The van der Waals surface area contributed by atoms with Crippen molar-refractivity contribution < 1.29 is 19.1 Å². The van der Waals surface area contributed by atoms with Crippen molar-refractivity contribution in [2.75, 3.05) is 0 Å². The number of carbonyl (C=O) groups excluding carboxylic acids is 2. The van der Waals surface area contributed by atoms with Gasteiger partial charge in [-0.15, -0.1) is 0 Å². The van der Waals surface area contributed by atoms with Gasteiger partial charge in [0.2, 0.25) is 0 Å². The Morgan fingerprint density at radius 3 is 1.08 bits per heavy atom. The summed E-state index contributed by atoms with van der Waals surface area (Å²) in [5, 5.41) is 0. The molecule has 0 bridgehead atoms. The highest BCUT2D eigenvalue weighted by Crippen LogP contribution is 2.30. The molecular formula is C20H38O4. The van der Waals surface area contributed by atoms with Crippen molar-refractivity contribution >= 4 is 11.9 Å². The largest absolute Gasteiger partial charge is 0.462 e. The van der Waals surface area contributed by atoms with Gasteiger partial charge in [-0.2, -0.15) is 0 Å². The molecule has 0 aromatic carbocycles. The summed E-state index contributed by atoms with van der Waals surface area (Å²) in [5.74, 6) is -0.214. The Morgan fingerprint density at radius 1 is 0.667 bits per heavy atom. The number of ether oxygens (including phenoxy) is 2. The highest BCUT2D eigenvalue weighted by molar-refractivity contribution is 5.77. The van der Waals surface area contributed by atoms with Crippen LogP contribution in [0, 0.1) is 22.7 Å². The average Bonchev–Trinajstić information content (AvgIpc) is 2.36. The van der Waals surface area contributed by atoms with Gasteiger partial charge < -0.3 is 9.47 Å². The highest BCUT2D eigenvalue weighted by atomic mass is 16.6. The third-order valence-electron chi connectivity index (χ3n) is 3.97. The first-order valence-electron chi connectivity index (χ1n) is 9.05. The second-order valence-corrected chi connectivity index (χ2v) is 9.54. The number of hydrogen-bond acceptors (Lipinski definition) is 4. The SMILES string of the molecule is CC(C)C(OC(=O)CCC(=O)OC(C(C)C)C(C)(C)C)C(C)(C)C. The summed E-state index contributed by atoms with van der Waals surface area (Å²) < 4.78 is 11.2. The molecule has 2 atom stereocenters. The van der Waals surface area contributed by atoms with Gasteiger partial charge in [-0.05, 0) is 22.7 Å². The Morgan fingerprint density at radius 2 is 0.917 bits per heavy atom. The van der Waals surface area contributed by atoms with Crippen LogP contribution in [0.15, 0.2) is 0 Å². The summed E-state index contributed by atoms with van der Waals surface area (Å²) in [6.45, 7) is 20.5. The van der Waals surface area contributed by atoms with Crippen molar-refractivity contribution in [3.63, 3.8) is 0 Å². The minimum atomic E-state index is -0.336. The van der Waals surface area contributed by atoms with Gasteiger partial charge >= 0.3 is 11.9 Å². The van der Waals surface area contributed by atoms with Crippen LogP contribution in [0.3, 0.4) is 0 Å².